The van der Waals surface area contributed by atoms with E-state index in [0.29, 0.717) is 0 Å². The van der Waals surface area contributed by atoms with Crippen molar-refractivity contribution in [2.45, 2.75) is 78.1 Å². The average Bonchev–Trinajstić information content (AvgIpc) is 2.70. The molecule has 2 rings (SSSR count). The summed E-state index contributed by atoms with van der Waals surface area (Å²) in [6, 6.07) is 13.3. The first kappa shape index (κ1) is 22.0. The molecule has 0 aliphatic carbocycles. The maximum atomic E-state index is 5.34. The van der Waals surface area contributed by atoms with Crippen LogP contribution in [0.4, 0.5) is 0 Å². The van der Waals surface area contributed by atoms with Crippen LogP contribution in [0.3, 0.4) is 0 Å². The van der Waals surface area contributed by atoms with Crippen LogP contribution in [0.25, 0.3) is 11.1 Å². The Morgan fingerprint density at radius 2 is 1.33 bits per heavy atom. The molecule has 0 saturated carbocycles. The van der Waals surface area contributed by atoms with Gasteiger partial charge in [0.2, 0.25) is 0 Å². The Morgan fingerprint density at radius 3 is 1.89 bits per heavy atom. The Balaban J connectivity index is 2.25. The van der Waals surface area contributed by atoms with Gasteiger partial charge in [0.1, 0.15) is 5.75 Å². The predicted octanol–water partition coefficient (Wildman–Crippen LogP) is 8.37. The molecule has 0 bridgehead atoms. The molecular formula is C25H35BrO. The standard InChI is InChI=1S/C25H35BrO/c1-4-6-8-10-12-21-19-25(26)22(13-11-9-7-5-2)18-24(21)20-14-16-23(27-3)17-15-20/h14-19H,4-13H2,1-3H3. The second-order valence-corrected chi connectivity index (χ2v) is 8.30. The zero-order valence-electron chi connectivity index (χ0n) is 17.3. The largest absolute Gasteiger partial charge is 0.497 e. The van der Waals surface area contributed by atoms with Gasteiger partial charge in [-0.3, -0.25) is 0 Å². The highest BCUT2D eigenvalue weighted by Gasteiger charge is 2.11. The summed E-state index contributed by atoms with van der Waals surface area (Å²) >= 11 is 3.85. The zero-order chi connectivity index (χ0) is 19.5. The highest BCUT2D eigenvalue weighted by molar-refractivity contribution is 9.10. The number of halogens is 1. The molecular weight excluding hydrogens is 396 g/mol. The van der Waals surface area contributed by atoms with E-state index in [1.54, 1.807) is 7.11 Å². The number of hydrogen-bond acceptors (Lipinski definition) is 1. The van der Waals surface area contributed by atoms with E-state index < -0.39 is 0 Å². The lowest BCUT2D eigenvalue weighted by Crippen LogP contribution is -1.96. The molecule has 0 aromatic heterocycles. The summed E-state index contributed by atoms with van der Waals surface area (Å²) in [6.07, 6.45) is 12.7. The van der Waals surface area contributed by atoms with E-state index in [0.717, 1.165) is 18.6 Å². The highest BCUT2D eigenvalue weighted by atomic mass is 79.9. The van der Waals surface area contributed by atoms with Crippen LogP contribution in [0.1, 0.15) is 76.3 Å². The second-order valence-electron chi connectivity index (χ2n) is 7.45. The van der Waals surface area contributed by atoms with Crippen LogP contribution in [0.5, 0.6) is 5.75 Å². The third-order valence-corrected chi connectivity index (χ3v) is 6.01. The van der Waals surface area contributed by atoms with Crippen molar-refractivity contribution in [1.29, 1.82) is 0 Å². The first-order chi connectivity index (χ1) is 13.2. The van der Waals surface area contributed by atoms with Gasteiger partial charge in [-0.1, -0.05) is 80.4 Å². The van der Waals surface area contributed by atoms with Crippen molar-refractivity contribution in [2.75, 3.05) is 7.11 Å². The zero-order valence-corrected chi connectivity index (χ0v) is 18.9. The SMILES string of the molecule is CCCCCCc1cc(-c2ccc(OC)cc2)c(CCCCCC)cc1Br. The molecule has 0 unspecified atom stereocenters. The van der Waals surface area contributed by atoms with Crippen molar-refractivity contribution < 1.29 is 4.74 Å². The van der Waals surface area contributed by atoms with Crippen molar-refractivity contribution in [3.8, 4) is 16.9 Å². The lowest BCUT2D eigenvalue weighted by Gasteiger charge is -2.15. The summed E-state index contributed by atoms with van der Waals surface area (Å²) in [4.78, 5) is 0. The molecule has 2 aromatic carbocycles. The maximum Gasteiger partial charge on any atom is 0.118 e. The molecule has 0 amide bonds. The molecule has 0 spiro atoms. The van der Waals surface area contributed by atoms with Crippen LogP contribution < -0.4 is 4.74 Å². The molecule has 0 heterocycles. The monoisotopic (exact) mass is 430 g/mol. The number of methoxy groups -OCH3 is 1. The third kappa shape index (κ3) is 6.99. The van der Waals surface area contributed by atoms with E-state index in [9.17, 15) is 0 Å². The van der Waals surface area contributed by atoms with Crippen molar-refractivity contribution in [1.82, 2.24) is 0 Å². The van der Waals surface area contributed by atoms with Gasteiger partial charge in [0.25, 0.3) is 0 Å². The fraction of sp³-hybridized carbons (Fsp3) is 0.520. The van der Waals surface area contributed by atoms with Crippen LogP contribution >= 0.6 is 15.9 Å². The molecule has 27 heavy (non-hydrogen) atoms. The lowest BCUT2D eigenvalue weighted by atomic mass is 9.92. The number of aryl methyl sites for hydroxylation is 2. The molecule has 2 heteroatoms. The van der Waals surface area contributed by atoms with Gasteiger partial charge >= 0.3 is 0 Å². The smallest absolute Gasteiger partial charge is 0.118 e. The minimum Gasteiger partial charge on any atom is -0.497 e. The molecule has 0 N–H and O–H groups in total. The molecule has 0 fully saturated rings. The summed E-state index contributed by atoms with van der Waals surface area (Å²) in [5, 5.41) is 0. The quantitative estimate of drug-likeness (QED) is 0.307. The fourth-order valence-corrected chi connectivity index (χ4v) is 4.17. The van der Waals surface area contributed by atoms with E-state index in [1.807, 2.05) is 0 Å². The Hall–Kier alpha value is -1.28. The van der Waals surface area contributed by atoms with E-state index in [2.05, 4.69) is 66.2 Å². The first-order valence-electron chi connectivity index (χ1n) is 10.6. The molecule has 1 nitrogen and oxygen atoms in total. The summed E-state index contributed by atoms with van der Waals surface area (Å²) in [6.45, 7) is 4.54. The maximum absolute atomic E-state index is 5.34. The normalized spacial score (nSPS) is 11.0. The molecule has 148 valence electrons. The minimum atomic E-state index is 0.917. The lowest BCUT2D eigenvalue weighted by molar-refractivity contribution is 0.415. The van der Waals surface area contributed by atoms with E-state index in [1.165, 1.54) is 78.1 Å². The number of ether oxygens (including phenoxy) is 1. The van der Waals surface area contributed by atoms with Crippen LogP contribution in [0.15, 0.2) is 40.9 Å². The molecule has 0 aliphatic rings. The Morgan fingerprint density at radius 1 is 0.741 bits per heavy atom. The van der Waals surface area contributed by atoms with Crippen molar-refractivity contribution in [3.63, 3.8) is 0 Å². The Bertz CT molecular complexity index is 675. The van der Waals surface area contributed by atoms with Crippen LogP contribution in [-0.2, 0) is 12.8 Å². The minimum absolute atomic E-state index is 0.917. The predicted molar refractivity (Wildman–Crippen MR) is 122 cm³/mol. The number of rotatable bonds is 12. The summed E-state index contributed by atoms with van der Waals surface area (Å²) in [5.74, 6) is 0.917. The highest BCUT2D eigenvalue weighted by Crippen LogP contribution is 2.33. The van der Waals surface area contributed by atoms with Crippen LogP contribution in [-0.4, -0.2) is 7.11 Å². The van der Waals surface area contributed by atoms with Gasteiger partial charge in [-0.2, -0.15) is 0 Å². The second kappa shape index (κ2) is 12.2. The summed E-state index contributed by atoms with van der Waals surface area (Å²) < 4.78 is 6.62. The van der Waals surface area contributed by atoms with Crippen LogP contribution in [0.2, 0.25) is 0 Å². The van der Waals surface area contributed by atoms with Gasteiger partial charge < -0.3 is 4.74 Å². The third-order valence-electron chi connectivity index (χ3n) is 5.27. The molecule has 0 aliphatic heterocycles. The molecule has 0 radical (unpaired) electrons. The van der Waals surface area contributed by atoms with E-state index >= 15 is 0 Å². The van der Waals surface area contributed by atoms with Gasteiger partial charge in [-0.15, -0.1) is 0 Å². The summed E-state index contributed by atoms with van der Waals surface area (Å²) in [5.41, 5.74) is 5.58. The van der Waals surface area contributed by atoms with Crippen molar-refractivity contribution >= 4 is 15.9 Å². The van der Waals surface area contributed by atoms with Crippen molar-refractivity contribution in [2.24, 2.45) is 0 Å². The van der Waals surface area contributed by atoms with Gasteiger partial charge in [0.15, 0.2) is 0 Å². The van der Waals surface area contributed by atoms with Gasteiger partial charge in [0.05, 0.1) is 7.11 Å². The van der Waals surface area contributed by atoms with Gasteiger partial charge in [-0.25, -0.2) is 0 Å². The Labute approximate surface area is 174 Å². The average molecular weight is 431 g/mol. The van der Waals surface area contributed by atoms with Gasteiger partial charge in [0, 0.05) is 4.47 Å². The van der Waals surface area contributed by atoms with E-state index in [-0.39, 0.29) is 0 Å². The Kier molecular flexibility index (Phi) is 9.97. The number of benzene rings is 2. The van der Waals surface area contributed by atoms with Crippen molar-refractivity contribution in [3.05, 3.63) is 52.0 Å². The first-order valence-corrected chi connectivity index (χ1v) is 11.4. The topological polar surface area (TPSA) is 9.23 Å². The number of unbranched alkanes of at least 4 members (excludes halogenated alkanes) is 6. The molecule has 0 atom stereocenters. The number of hydrogen-bond donors (Lipinski definition) is 0. The molecule has 0 saturated heterocycles. The van der Waals surface area contributed by atoms with Crippen LogP contribution in [0, 0.1) is 0 Å². The molecule has 2 aromatic rings. The summed E-state index contributed by atoms with van der Waals surface area (Å²) in [7, 11) is 1.72. The van der Waals surface area contributed by atoms with Gasteiger partial charge in [-0.05, 0) is 72.2 Å². The fourth-order valence-electron chi connectivity index (χ4n) is 3.58. The van der Waals surface area contributed by atoms with E-state index in [4.69, 9.17) is 4.74 Å².